The molecule has 0 spiro atoms. The van der Waals surface area contributed by atoms with E-state index in [2.05, 4.69) is 11.8 Å². The molecule has 8 nitrogen and oxygen atoms in total. The number of aryl methyl sites for hydroxylation is 1. The number of benzene rings is 2. The molecule has 9 heteroatoms. The predicted molar refractivity (Wildman–Crippen MR) is 136 cm³/mol. The molecular weight excluding hydrogens is 463 g/mol. The minimum Gasteiger partial charge on any atom is -0.337 e. The van der Waals surface area contributed by atoms with Gasteiger partial charge in [0, 0.05) is 69.4 Å². The average Bonchev–Trinajstić information content (AvgIpc) is 2.87. The van der Waals surface area contributed by atoms with Gasteiger partial charge >= 0.3 is 0 Å². The number of hydrogen-bond donors (Lipinski definition) is 0. The number of hydrogen-bond acceptors (Lipinski definition) is 5. The van der Waals surface area contributed by atoms with Crippen LogP contribution in [0.4, 0.5) is 10.1 Å². The van der Waals surface area contributed by atoms with Gasteiger partial charge in [-0.2, -0.15) is 0 Å². The zero-order chi connectivity index (χ0) is 26.1. The van der Waals surface area contributed by atoms with E-state index in [9.17, 15) is 24.1 Å². The van der Waals surface area contributed by atoms with E-state index in [0.29, 0.717) is 63.4 Å². The molecular formula is C27H35FN4O4. The van der Waals surface area contributed by atoms with Crippen molar-refractivity contribution in [3.63, 3.8) is 0 Å². The fourth-order valence-electron chi connectivity index (χ4n) is 4.34. The van der Waals surface area contributed by atoms with Crippen molar-refractivity contribution in [2.75, 3.05) is 39.3 Å². The quantitative estimate of drug-likeness (QED) is 0.260. The van der Waals surface area contributed by atoms with Crippen LogP contribution in [0.5, 0.6) is 0 Å². The molecule has 1 fully saturated rings. The van der Waals surface area contributed by atoms with Crippen LogP contribution in [0.2, 0.25) is 0 Å². The fourth-order valence-corrected chi connectivity index (χ4v) is 4.34. The Morgan fingerprint density at radius 1 is 1.06 bits per heavy atom. The molecule has 3 rings (SSSR count). The van der Waals surface area contributed by atoms with Gasteiger partial charge in [-0.3, -0.25) is 24.6 Å². The Labute approximate surface area is 211 Å². The summed E-state index contributed by atoms with van der Waals surface area (Å²) in [6.07, 6.45) is 3.41. The Balaban J connectivity index is 1.55. The van der Waals surface area contributed by atoms with Crippen molar-refractivity contribution < 1.29 is 18.9 Å². The number of rotatable bonds is 11. The first-order valence-corrected chi connectivity index (χ1v) is 12.6. The van der Waals surface area contributed by atoms with Crippen molar-refractivity contribution in [3.8, 4) is 0 Å². The average molecular weight is 499 g/mol. The van der Waals surface area contributed by atoms with Crippen LogP contribution in [0.1, 0.15) is 54.1 Å². The highest BCUT2D eigenvalue weighted by Crippen LogP contribution is 2.21. The molecule has 2 aromatic carbocycles. The van der Waals surface area contributed by atoms with E-state index in [-0.39, 0.29) is 23.3 Å². The van der Waals surface area contributed by atoms with Gasteiger partial charge in [0.25, 0.3) is 11.6 Å². The fraction of sp³-hybridized carbons (Fsp3) is 0.481. The number of amides is 2. The van der Waals surface area contributed by atoms with E-state index < -0.39 is 4.92 Å². The lowest BCUT2D eigenvalue weighted by Gasteiger charge is -2.36. The standard InChI is InChI=1S/C27H35FN4O4/c1-3-4-5-6-26(33)31(20-22-8-11-24(28)12-9-22)18-15-29-13-16-30(17-14-29)27(34)23-10-7-21(2)25(19-23)32(35)36/h7-12,19H,3-6,13-18,20H2,1-2H3. The lowest BCUT2D eigenvalue weighted by atomic mass is 10.1. The molecule has 36 heavy (non-hydrogen) atoms. The number of nitro benzene ring substituents is 1. The van der Waals surface area contributed by atoms with E-state index in [1.54, 1.807) is 36.1 Å². The summed E-state index contributed by atoms with van der Waals surface area (Å²) in [5.41, 5.74) is 1.69. The number of halogens is 1. The second kappa shape index (κ2) is 13.1. The molecule has 0 saturated carbocycles. The SMILES string of the molecule is CCCCCC(=O)N(CCN1CCN(C(=O)c2ccc(C)c([N+](=O)[O-])c2)CC1)Cc1ccc(F)cc1. The number of nitrogens with zero attached hydrogens (tertiary/aromatic N) is 4. The van der Waals surface area contributed by atoms with E-state index in [0.717, 1.165) is 24.8 Å². The monoisotopic (exact) mass is 498 g/mol. The zero-order valence-electron chi connectivity index (χ0n) is 21.1. The van der Waals surface area contributed by atoms with E-state index in [1.165, 1.54) is 18.2 Å². The van der Waals surface area contributed by atoms with Crippen LogP contribution in [0, 0.1) is 22.9 Å². The van der Waals surface area contributed by atoms with Gasteiger partial charge in [-0.25, -0.2) is 4.39 Å². The summed E-state index contributed by atoms with van der Waals surface area (Å²) in [7, 11) is 0. The summed E-state index contributed by atoms with van der Waals surface area (Å²) >= 11 is 0. The van der Waals surface area contributed by atoms with Gasteiger partial charge in [-0.15, -0.1) is 0 Å². The van der Waals surface area contributed by atoms with Crippen molar-refractivity contribution in [2.24, 2.45) is 0 Å². The molecule has 0 aliphatic carbocycles. The van der Waals surface area contributed by atoms with Crippen molar-refractivity contribution >= 4 is 17.5 Å². The van der Waals surface area contributed by atoms with Gasteiger partial charge in [-0.05, 0) is 37.1 Å². The first-order chi connectivity index (χ1) is 17.3. The molecule has 2 aromatic rings. The summed E-state index contributed by atoms with van der Waals surface area (Å²) in [5.74, 6) is -0.406. The van der Waals surface area contributed by atoms with Gasteiger partial charge in [0.15, 0.2) is 0 Å². The molecule has 1 aliphatic heterocycles. The Hall–Kier alpha value is -3.33. The van der Waals surface area contributed by atoms with Crippen LogP contribution in [0.15, 0.2) is 42.5 Å². The molecule has 1 heterocycles. The highest BCUT2D eigenvalue weighted by Gasteiger charge is 2.25. The van der Waals surface area contributed by atoms with E-state index in [4.69, 9.17) is 0 Å². The van der Waals surface area contributed by atoms with Crippen LogP contribution in [0.3, 0.4) is 0 Å². The summed E-state index contributed by atoms with van der Waals surface area (Å²) in [6.45, 7) is 7.79. The number of nitro groups is 1. The topological polar surface area (TPSA) is 87.0 Å². The summed E-state index contributed by atoms with van der Waals surface area (Å²) in [6, 6.07) is 10.8. The maximum atomic E-state index is 13.3. The summed E-state index contributed by atoms with van der Waals surface area (Å²) in [5, 5.41) is 11.2. The van der Waals surface area contributed by atoms with Gasteiger partial charge in [0.2, 0.25) is 5.91 Å². The number of unbranched alkanes of at least 4 members (excludes halogenated alkanes) is 2. The zero-order valence-corrected chi connectivity index (χ0v) is 21.1. The summed E-state index contributed by atoms with van der Waals surface area (Å²) < 4.78 is 13.3. The van der Waals surface area contributed by atoms with Crippen LogP contribution in [0.25, 0.3) is 0 Å². The number of piperazine rings is 1. The Morgan fingerprint density at radius 2 is 1.75 bits per heavy atom. The minimum atomic E-state index is -0.467. The molecule has 194 valence electrons. The lowest BCUT2D eigenvalue weighted by molar-refractivity contribution is -0.385. The first-order valence-electron chi connectivity index (χ1n) is 12.6. The molecule has 0 bridgehead atoms. The Morgan fingerprint density at radius 3 is 2.39 bits per heavy atom. The van der Waals surface area contributed by atoms with Crippen molar-refractivity contribution in [1.29, 1.82) is 0 Å². The maximum absolute atomic E-state index is 13.3. The molecule has 1 aliphatic rings. The van der Waals surface area contributed by atoms with Gasteiger partial charge in [0.1, 0.15) is 5.82 Å². The Kier molecular flexibility index (Phi) is 9.93. The van der Waals surface area contributed by atoms with Crippen LogP contribution in [-0.4, -0.2) is 70.7 Å². The second-order valence-electron chi connectivity index (χ2n) is 9.29. The predicted octanol–water partition coefficient (Wildman–Crippen LogP) is 4.41. The second-order valence-corrected chi connectivity index (χ2v) is 9.29. The normalized spacial score (nSPS) is 14.0. The highest BCUT2D eigenvalue weighted by molar-refractivity contribution is 5.95. The molecule has 0 atom stereocenters. The van der Waals surface area contributed by atoms with Gasteiger partial charge < -0.3 is 9.80 Å². The van der Waals surface area contributed by atoms with Crippen molar-refractivity contribution in [3.05, 3.63) is 75.1 Å². The van der Waals surface area contributed by atoms with Crippen molar-refractivity contribution in [1.82, 2.24) is 14.7 Å². The molecule has 0 unspecified atom stereocenters. The van der Waals surface area contributed by atoms with Crippen LogP contribution < -0.4 is 0 Å². The molecule has 0 aromatic heterocycles. The van der Waals surface area contributed by atoms with E-state index in [1.807, 2.05) is 4.90 Å². The van der Waals surface area contributed by atoms with Crippen molar-refractivity contribution in [2.45, 2.75) is 46.1 Å². The first kappa shape index (κ1) is 27.3. The third-order valence-corrected chi connectivity index (χ3v) is 6.63. The highest BCUT2D eigenvalue weighted by atomic mass is 19.1. The smallest absolute Gasteiger partial charge is 0.273 e. The third-order valence-electron chi connectivity index (χ3n) is 6.63. The molecule has 0 N–H and O–H groups in total. The maximum Gasteiger partial charge on any atom is 0.273 e. The molecule has 2 amide bonds. The van der Waals surface area contributed by atoms with Gasteiger partial charge in [0.05, 0.1) is 4.92 Å². The number of carbonyl (C=O) groups excluding carboxylic acids is 2. The minimum absolute atomic E-state index is 0.0515. The molecule has 0 radical (unpaired) electrons. The largest absolute Gasteiger partial charge is 0.337 e. The van der Waals surface area contributed by atoms with Gasteiger partial charge in [-0.1, -0.05) is 38.0 Å². The lowest BCUT2D eigenvalue weighted by Crippen LogP contribution is -2.50. The third kappa shape index (κ3) is 7.58. The number of carbonyl (C=O) groups is 2. The summed E-state index contributed by atoms with van der Waals surface area (Å²) in [4.78, 5) is 42.3. The van der Waals surface area contributed by atoms with Crippen LogP contribution >= 0.6 is 0 Å². The van der Waals surface area contributed by atoms with E-state index >= 15 is 0 Å². The Bertz CT molecular complexity index is 1050. The van der Waals surface area contributed by atoms with Crippen LogP contribution in [-0.2, 0) is 11.3 Å². The molecule has 1 saturated heterocycles.